The predicted octanol–water partition coefficient (Wildman–Crippen LogP) is 3.43. The number of hydrogen-bond donors (Lipinski definition) is 6. The first-order chi connectivity index (χ1) is 23.8. The van der Waals surface area contributed by atoms with E-state index < -0.39 is 59.7 Å². The number of nitrogens with one attached hydrogen (secondary N) is 4. The molecule has 0 fully saturated rings. The number of nitrogens with two attached hydrogens (primary N) is 1. The molecule has 0 aliphatic heterocycles. The molecular weight excluding hydrogens is 634 g/mol. The zero-order chi connectivity index (χ0) is 36.7. The van der Waals surface area contributed by atoms with Crippen LogP contribution in [0.15, 0.2) is 91.0 Å². The van der Waals surface area contributed by atoms with Crippen molar-refractivity contribution in [2.45, 2.75) is 96.2 Å². The van der Waals surface area contributed by atoms with Crippen LogP contribution in [0, 0.1) is 5.92 Å². The Kier molecular flexibility index (Phi) is 15.4. The Morgan fingerprint density at radius 1 is 0.720 bits per heavy atom. The van der Waals surface area contributed by atoms with E-state index in [0.717, 1.165) is 16.7 Å². The summed E-state index contributed by atoms with van der Waals surface area (Å²) in [6, 6.07) is 24.5. The Bertz CT molecular complexity index is 1500. The molecule has 11 nitrogen and oxygen atoms in total. The second-order valence-corrected chi connectivity index (χ2v) is 13.7. The first-order valence-electron chi connectivity index (χ1n) is 17.2. The van der Waals surface area contributed by atoms with Crippen molar-refractivity contribution in [2.75, 3.05) is 6.54 Å². The van der Waals surface area contributed by atoms with Gasteiger partial charge in [-0.2, -0.15) is 0 Å². The van der Waals surface area contributed by atoms with Crippen molar-refractivity contribution >= 4 is 23.8 Å². The van der Waals surface area contributed by atoms with Gasteiger partial charge in [0, 0.05) is 13.0 Å². The fourth-order valence-electron chi connectivity index (χ4n) is 5.41. The molecule has 0 spiro atoms. The van der Waals surface area contributed by atoms with Gasteiger partial charge in [-0.3, -0.25) is 14.4 Å². The summed E-state index contributed by atoms with van der Waals surface area (Å²) >= 11 is 0. The van der Waals surface area contributed by atoms with Gasteiger partial charge < -0.3 is 36.8 Å². The second kappa shape index (κ2) is 19.4. The number of carbonyl (C=O) groups excluding carboxylic acids is 4. The summed E-state index contributed by atoms with van der Waals surface area (Å²) in [5, 5.41) is 23.1. The van der Waals surface area contributed by atoms with Gasteiger partial charge in [0.1, 0.15) is 17.7 Å². The second-order valence-electron chi connectivity index (χ2n) is 13.7. The highest BCUT2D eigenvalue weighted by Gasteiger charge is 2.32. The van der Waals surface area contributed by atoms with Gasteiger partial charge in [-0.1, -0.05) is 111 Å². The van der Waals surface area contributed by atoms with Gasteiger partial charge in [0.15, 0.2) is 0 Å². The number of primary amides is 1. The summed E-state index contributed by atoms with van der Waals surface area (Å²) in [7, 11) is 0. The van der Waals surface area contributed by atoms with E-state index in [-0.39, 0.29) is 25.3 Å². The predicted molar refractivity (Wildman–Crippen MR) is 194 cm³/mol. The molecule has 0 heterocycles. The Balaban J connectivity index is 1.80. The van der Waals surface area contributed by atoms with Crippen molar-refractivity contribution in [3.63, 3.8) is 0 Å². The minimum atomic E-state index is -1.11. The molecule has 3 aromatic rings. The van der Waals surface area contributed by atoms with Crippen molar-refractivity contribution in [3.05, 3.63) is 108 Å². The minimum absolute atomic E-state index is 0.0563. The molecular formula is C39H53N5O6. The van der Waals surface area contributed by atoms with Crippen molar-refractivity contribution in [1.82, 2.24) is 21.3 Å². The Morgan fingerprint density at radius 3 is 1.66 bits per heavy atom. The van der Waals surface area contributed by atoms with Gasteiger partial charge in [0.2, 0.25) is 17.7 Å². The van der Waals surface area contributed by atoms with Gasteiger partial charge in [-0.15, -0.1) is 0 Å². The van der Waals surface area contributed by atoms with Gasteiger partial charge in [-0.25, -0.2) is 4.79 Å². The van der Waals surface area contributed by atoms with Crippen LogP contribution in [0.3, 0.4) is 0 Å². The molecule has 0 aliphatic rings. The molecule has 7 N–H and O–H groups in total. The maximum atomic E-state index is 14.0. The van der Waals surface area contributed by atoms with Crippen LogP contribution in [0.25, 0.3) is 0 Å². The summed E-state index contributed by atoms with van der Waals surface area (Å²) in [6.45, 7) is 8.98. The van der Waals surface area contributed by atoms with Crippen LogP contribution >= 0.6 is 0 Å². The van der Waals surface area contributed by atoms with E-state index in [0.29, 0.717) is 12.8 Å². The lowest BCUT2D eigenvalue weighted by Crippen LogP contribution is -2.59. The van der Waals surface area contributed by atoms with Crippen LogP contribution in [-0.4, -0.2) is 71.3 Å². The van der Waals surface area contributed by atoms with Crippen molar-refractivity contribution in [1.29, 1.82) is 0 Å². The number of rotatable bonds is 18. The van der Waals surface area contributed by atoms with E-state index in [1.165, 1.54) is 0 Å². The van der Waals surface area contributed by atoms with Gasteiger partial charge in [-0.05, 0) is 56.2 Å². The van der Waals surface area contributed by atoms with Crippen molar-refractivity contribution < 1.29 is 29.0 Å². The molecule has 0 aliphatic carbocycles. The number of aliphatic hydroxyl groups excluding tert-OH is 1. The third kappa shape index (κ3) is 13.6. The highest BCUT2D eigenvalue weighted by Crippen LogP contribution is 2.14. The molecule has 4 amide bonds. The highest BCUT2D eigenvalue weighted by atomic mass is 16.6. The number of alkyl carbamates (subject to hydrolysis) is 1. The van der Waals surface area contributed by atoms with Crippen molar-refractivity contribution in [2.24, 2.45) is 11.7 Å². The van der Waals surface area contributed by atoms with E-state index >= 15 is 0 Å². The maximum absolute atomic E-state index is 14.0. The molecule has 0 unspecified atom stereocenters. The number of aliphatic hydroxyl groups is 1. The zero-order valence-corrected chi connectivity index (χ0v) is 29.7. The topological polar surface area (TPSA) is 172 Å². The average Bonchev–Trinajstić information content (AvgIpc) is 3.08. The van der Waals surface area contributed by atoms with E-state index in [9.17, 15) is 24.3 Å². The maximum Gasteiger partial charge on any atom is 0.407 e. The highest BCUT2D eigenvalue weighted by molar-refractivity contribution is 5.93. The zero-order valence-electron chi connectivity index (χ0n) is 29.7. The Hall–Kier alpha value is -4.74. The summed E-state index contributed by atoms with van der Waals surface area (Å²) in [4.78, 5) is 52.7. The molecule has 0 bridgehead atoms. The van der Waals surface area contributed by atoms with Crippen LogP contribution in [0.1, 0.15) is 57.7 Å². The summed E-state index contributed by atoms with van der Waals surface area (Å²) in [5.41, 5.74) is 7.53. The van der Waals surface area contributed by atoms with Crippen LogP contribution in [0.4, 0.5) is 4.79 Å². The molecule has 0 saturated heterocycles. The Labute approximate surface area is 295 Å². The van der Waals surface area contributed by atoms with Crippen LogP contribution in [-0.2, 0) is 38.4 Å². The monoisotopic (exact) mass is 687 g/mol. The van der Waals surface area contributed by atoms with E-state index in [1.807, 2.05) is 105 Å². The van der Waals surface area contributed by atoms with Gasteiger partial charge in [0.05, 0.1) is 18.2 Å². The largest absolute Gasteiger partial charge is 0.444 e. The molecule has 270 valence electrons. The molecule has 50 heavy (non-hydrogen) atoms. The van der Waals surface area contributed by atoms with E-state index in [4.69, 9.17) is 10.5 Å². The smallest absolute Gasteiger partial charge is 0.407 e. The molecule has 0 radical (unpaired) electrons. The number of hydrogen-bond acceptors (Lipinski definition) is 7. The summed E-state index contributed by atoms with van der Waals surface area (Å²) in [6.07, 6.45) is -0.420. The standard InChI is InChI=1S/C39H53N5O6/c1-6-26(2)34(37(48)42-31(35(40)46)23-28-18-12-8-13-19-28)44-36(47)32(24-29-20-14-9-15-21-29)41-25-33(45)30(22-27-16-10-7-11-17-27)43-38(49)50-39(3,4)5/h7-21,26,30-34,41,45H,6,22-25H2,1-5H3,(H2,40,46)(H,42,48)(H,43,49)(H,44,47)/t26-,30-,31-,32-,33+,34-/m0/s1. The van der Waals surface area contributed by atoms with Gasteiger partial charge in [0.25, 0.3) is 0 Å². The Morgan fingerprint density at radius 2 is 1.20 bits per heavy atom. The average molecular weight is 688 g/mol. The lowest BCUT2D eigenvalue weighted by Gasteiger charge is -2.30. The van der Waals surface area contributed by atoms with E-state index in [1.54, 1.807) is 20.8 Å². The fourth-order valence-corrected chi connectivity index (χ4v) is 5.41. The first-order valence-corrected chi connectivity index (χ1v) is 17.2. The van der Waals surface area contributed by atoms with Crippen LogP contribution in [0.2, 0.25) is 0 Å². The SMILES string of the molecule is CC[C@H](C)[C@H](NC(=O)[C@H](Cc1ccccc1)NC[C@@H](O)[C@H](Cc1ccccc1)NC(=O)OC(C)(C)C)C(=O)N[C@@H](Cc1ccccc1)C(N)=O. The van der Waals surface area contributed by atoms with E-state index in [2.05, 4.69) is 21.3 Å². The number of amides is 4. The normalized spacial score (nSPS) is 15.0. The molecule has 0 saturated carbocycles. The first kappa shape index (κ1) is 39.7. The number of benzene rings is 3. The molecule has 0 aromatic heterocycles. The van der Waals surface area contributed by atoms with Crippen LogP contribution in [0.5, 0.6) is 0 Å². The third-order valence-corrected chi connectivity index (χ3v) is 8.37. The fraction of sp³-hybridized carbons (Fsp3) is 0.436. The number of carbonyl (C=O) groups is 4. The quantitative estimate of drug-likeness (QED) is 0.119. The lowest BCUT2D eigenvalue weighted by atomic mass is 9.96. The lowest BCUT2D eigenvalue weighted by molar-refractivity contribution is -0.133. The molecule has 6 atom stereocenters. The third-order valence-electron chi connectivity index (χ3n) is 8.37. The minimum Gasteiger partial charge on any atom is -0.444 e. The van der Waals surface area contributed by atoms with Gasteiger partial charge >= 0.3 is 6.09 Å². The van der Waals surface area contributed by atoms with Crippen molar-refractivity contribution in [3.8, 4) is 0 Å². The molecule has 11 heteroatoms. The molecule has 3 aromatic carbocycles. The summed E-state index contributed by atoms with van der Waals surface area (Å²) < 4.78 is 5.46. The van der Waals surface area contributed by atoms with Crippen LogP contribution < -0.4 is 27.0 Å². The molecule has 3 rings (SSSR count). The summed E-state index contributed by atoms with van der Waals surface area (Å²) in [5.74, 6) is -1.94. The number of ether oxygens (including phenoxy) is 1.